The van der Waals surface area contributed by atoms with Crippen LogP contribution < -0.4 is 9.62 Å². The van der Waals surface area contributed by atoms with Crippen molar-refractivity contribution in [3.8, 4) is 0 Å². The van der Waals surface area contributed by atoms with Gasteiger partial charge in [-0.05, 0) is 68.1 Å². The minimum absolute atomic E-state index is 0.00547. The van der Waals surface area contributed by atoms with Crippen LogP contribution >= 0.6 is 23.2 Å². The van der Waals surface area contributed by atoms with E-state index in [4.69, 9.17) is 23.2 Å². The van der Waals surface area contributed by atoms with E-state index in [0.717, 1.165) is 21.9 Å². The first-order chi connectivity index (χ1) is 19.0. The van der Waals surface area contributed by atoms with Crippen LogP contribution in [0.2, 0.25) is 10.0 Å². The van der Waals surface area contributed by atoms with Gasteiger partial charge in [-0.2, -0.15) is 0 Å². The summed E-state index contributed by atoms with van der Waals surface area (Å²) in [5, 5.41) is 3.42. The minimum Gasteiger partial charge on any atom is -0.352 e. The van der Waals surface area contributed by atoms with Crippen LogP contribution in [0.3, 0.4) is 0 Å². The quantitative estimate of drug-likeness (QED) is 0.266. The average Bonchev–Trinajstić information content (AvgIpc) is 2.92. The maximum absolute atomic E-state index is 14.1. The van der Waals surface area contributed by atoms with Gasteiger partial charge in [-0.3, -0.25) is 13.9 Å². The van der Waals surface area contributed by atoms with Crippen molar-refractivity contribution in [3.05, 3.63) is 94.0 Å². The fraction of sp³-hybridized carbons (Fsp3) is 0.333. The van der Waals surface area contributed by atoms with Gasteiger partial charge in [-0.1, -0.05) is 79.5 Å². The summed E-state index contributed by atoms with van der Waals surface area (Å²) in [6, 6.07) is 18.9. The molecule has 0 heterocycles. The van der Waals surface area contributed by atoms with Gasteiger partial charge in [0.2, 0.25) is 11.8 Å². The summed E-state index contributed by atoms with van der Waals surface area (Å²) in [5.41, 5.74) is 1.95. The van der Waals surface area contributed by atoms with Crippen molar-refractivity contribution in [2.45, 2.75) is 64.1 Å². The molecule has 0 bridgehead atoms. The van der Waals surface area contributed by atoms with Gasteiger partial charge in [0.25, 0.3) is 10.0 Å². The average molecular weight is 605 g/mol. The first kappa shape index (κ1) is 31.5. The van der Waals surface area contributed by atoms with Gasteiger partial charge in [-0.15, -0.1) is 0 Å². The maximum atomic E-state index is 14.1. The van der Waals surface area contributed by atoms with E-state index < -0.39 is 28.5 Å². The van der Waals surface area contributed by atoms with Crippen molar-refractivity contribution in [3.63, 3.8) is 0 Å². The van der Waals surface area contributed by atoms with Gasteiger partial charge in [-0.25, -0.2) is 8.42 Å². The molecular formula is C30H35Cl2N3O4S. The van der Waals surface area contributed by atoms with Crippen molar-refractivity contribution in [2.75, 3.05) is 10.8 Å². The second-order valence-corrected chi connectivity index (χ2v) is 12.4. The summed E-state index contributed by atoms with van der Waals surface area (Å²) < 4.78 is 28.7. The van der Waals surface area contributed by atoms with Crippen LogP contribution in [0, 0.1) is 6.92 Å². The van der Waals surface area contributed by atoms with Crippen molar-refractivity contribution in [1.29, 1.82) is 0 Å². The summed E-state index contributed by atoms with van der Waals surface area (Å²) in [6.45, 7) is 7.19. The van der Waals surface area contributed by atoms with E-state index in [1.54, 1.807) is 18.2 Å². The van der Waals surface area contributed by atoms with Crippen molar-refractivity contribution >= 4 is 50.7 Å². The van der Waals surface area contributed by atoms with E-state index in [9.17, 15) is 18.0 Å². The van der Waals surface area contributed by atoms with Crippen LogP contribution in [0.1, 0.15) is 44.7 Å². The lowest BCUT2D eigenvalue weighted by molar-refractivity contribution is -0.140. The van der Waals surface area contributed by atoms with Gasteiger partial charge in [0.1, 0.15) is 12.6 Å². The fourth-order valence-electron chi connectivity index (χ4n) is 4.26. The Hall–Kier alpha value is -3.07. The lowest BCUT2D eigenvalue weighted by atomic mass is 10.1. The summed E-state index contributed by atoms with van der Waals surface area (Å²) in [7, 11) is -4.20. The lowest BCUT2D eigenvalue weighted by Crippen LogP contribution is -2.53. The molecule has 10 heteroatoms. The number of sulfonamides is 1. The summed E-state index contributed by atoms with van der Waals surface area (Å²) in [4.78, 5) is 28.9. The standard InChI is InChI=1S/C30H35Cl2N3O4S/c1-5-22(4)33-30(37)28(6-2)34(19-23-13-11-10-12-21(23)3)29(36)20-35(26-17-24(31)16-25(32)18-26)40(38,39)27-14-8-7-9-15-27/h7-18,22,28H,5-6,19-20H2,1-4H3,(H,33,37)/t22-,28-/m0/s1. The van der Waals surface area contributed by atoms with Crippen LogP contribution in [0.25, 0.3) is 0 Å². The van der Waals surface area contributed by atoms with Crippen LogP contribution in [0.4, 0.5) is 5.69 Å². The van der Waals surface area contributed by atoms with Gasteiger partial charge in [0.15, 0.2) is 0 Å². The zero-order valence-corrected chi connectivity index (χ0v) is 25.4. The fourth-order valence-corrected chi connectivity index (χ4v) is 6.20. The predicted octanol–water partition coefficient (Wildman–Crippen LogP) is 6.22. The highest BCUT2D eigenvalue weighted by molar-refractivity contribution is 7.92. The number of nitrogens with one attached hydrogen (secondary N) is 1. The topological polar surface area (TPSA) is 86.8 Å². The third kappa shape index (κ3) is 7.77. The molecule has 0 unspecified atom stereocenters. The van der Waals surface area contributed by atoms with E-state index >= 15 is 0 Å². The number of aryl methyl sites for hydroxylation is 1. The molecule has 40 heavy (non-hydrogen) atoms. The first-order valence-corrected chi connectivity index (χ1v) is 15.4. The number of benzene rings is 3. The molecule has 0 aliphatic carbocycles. The van der Waals surface area contributed by atoms with Crippen LogP contribution in [-0.4, -0.2) is 43.8 Å². The number of hydrogen-bond acceptors (Lipinski definition) is 4. The molecule has 0 saturated carbocycles. The van der Waals surface area contributed by atoms with Gasteiger partial charge >= 0.3 is 0 Å². The van der Waals surface area contributed by atoms with Gasteiger partial charge in [0, 0.05) is 22.6 Å². The molecule has 0 spiro atoms. The number of rotatable bonds is 12. The Balaban J connectivity index is 2.09. The van der Waals surface area contributed by atoms with Gasteiger partial charge in [0.05, 0.1) is 10.6 Å². The third-order valence-corrected chi connectivity index (χ3v) is 8.96. The highest BCUT2D eigenvalue weighted by atomic mass is 35.5. The van der Waals surface area contributed by atoms with E-state index in [1.807, 2.05) is 52.0 Å². The SMILES string of the molecule is CC[C@H](C)NC(=O)[C@H](CC)N(Cc1ccccc1C)C(=O)CN(c1cc(Cl)cc(Cl)c1)S(=O)(=O)c1ccccc1. The molecule has 3 aromatic rings. The highest BCUT2D eigenvalue weighted by Crippen LogP contribution is 2.30. The van der Waals surface area contributed by atoms with Gasteiger partial charge < -0.3 is 10.2 Å². The second-order valence-electron chi connectivity index (χ2n) is 9.64. The Bertz CT molecular complexity index is 1410. The summed E-state index contributed by atoms with van der Waals surface area (Å²) >= 11 is 12.5. The summed E-state index contributed by atoms with van der Waals surface area (Å²) in [5.74, 6) is -0.827. The predicted molar refractivity (Wildman–Crippen MR) is 161 cm³/mol. The Morgan fingerprint density at radius 2 is 1.50 bits per heavy atom. The maximum Gasteiger partial charge on any atom is 0.264 e. The van der Waals surface area contributed by atoms with Crippen LogP contribution in [0.5, 0.6) is 0 Å². The van der Waals surface area contributed by atoms with Crippen LogP contribution in [0.15, 0.2) is 77.7 Å². The van der Waals surface area contributed by atoms with Crippen molar-refractivity contribution in [1.82, 2.24) is 10.2 Å². The van der Waals surface area contributed by atoms with E-state index in [2.05, 4.69) is 5.32 Å². The zero-order chi connectivity index (χ0) is 29.4. The molecular weight excluding hydrogens is 569 g/mol. The normalized spacial score (nSPS) is 12.8. The molecule has 1 N–H and O–H groups in total. The Labute approximate surface area is 247 Å². The number of nitrogens with zero attached hydrogens (tertiary/aromatic N) is 2. The number of halogens is 2. The third-order valence-electron chi connectivity index (χ3n) is 6.73. The molecule has 3 rings (SSSR count). The highest BCUT2D eigenvalue weighted by Gasteiger charge is 2.34. The number of hydrogen-bond donors (Lipinski definition) is 1. The molecule has 214 valence electrons. The van der Waals surface area contributed by atoms with E-state index in [1.165, 1.54) is 35.2 Å². The number of anilines is 1. The molecule has 0 aliphatic rings. The number of amides is 2. The molecule has 3 aromatic carbocycles. The van der Waals surface area contributed by atoms with Crippen LogP contribution in [-0.2, 0) is 26.2 Å². The molecule has 0 fully saturated rings. The Morgan fingerprint density at radius 1 is 0.900 bits per heavy atom. The second kappa shape index (κ2) is 14.0. The molecule has 0 radical (unpaired) electrons. The molecule has 0 saturated heterocycles. The monoisotopic (exact) mass is 603 g/mol. The Kier molecular flexibility index (Phi) is 11.0. The lowest BCUT2D eigenvalue weighted by Gasteiger charge is -2.34. The van der Waals surface area contributed by atoms with Crippen molar-refractivity contribution in [2.24, 2.45) is 0 Å². The number of carbonyl (C=O) groups excluding carboxylic acids is 2. The zero-order valence-electron chi connectivity index (χ0n) is 23.1. The molecule has 7 nitrogen and oxygen atoms in total. The first-order valence-electron chi connectivity index (χ1n) is 13.2. The van der Waals surface area contributed by atoms with E-state index in [0.29, 0.717) is 6.42 Å². The molecule has 0 aromatic heterocycles. The molecule has 2 atom stereocenters. The molecule has 2 amide bonds. The Morgan fingerprint density at radius 3 is 2.08 bits per heavy atom. The number of carbonyl (C=O) groups is 2. The largest absolute Gasteiger partial charge is 0.352 e. The smallest absolute Gasteiger partial charge is 0.264 e. The van der Waals surface area contributed by atoms with E-state index in [-0.39, 0.29) is 39.1 Å². The minimum atomic E-state index is -4.20. The molecule has 0 aliphatic heterocycles. The summed E-state index contributed by atoms with van der Waals surface area (Å²) in [6.07, 6.45) is 1.07. The van der Waals surface area contributed by atoms with Crippen molar-refractivity contribution < 1.29 is 18.0 Å².